The lowest BCUT2D eigenvalue weighted by Crippen LogP contribution is -2.45. The van der Waals surface area contributed by atoms with Crippen LogP contribution in [-0.4, -0.2) is 29.4 Å². The molecule has 98 valence electrons. The van der Waals surface area contributed by atoms with Gasteiger partial charge in [0.15, 0.2) is 0 Å². The van der Waals surface area contributed by atoms with E-state index in [1.165, 1.54) is 18.5 Å². The number of hydrogen-bond donors (Lipinski definition) is 2. The van der Waals surface area contributed by atoms with Crippen molar-refractivity contribution >= 4 is 23.4 Å². The number of carbonyl (C=O) groups excluding carboxylic acids is 2. The Bertz CT molecular complexity index is 437. The van der Waals surface area contributed by atoms with Crippen LogP contribution in [0, 0.1) is 0 Å². The Kier molecular flexibility index (Phi) is 5.58. The fourth-order valence-corrected chi connectivity index (χ4v) is 1.48. The first-order chi connectivity index (χ1) is 8.56. The summed E-state index contributed by atoms with van der Waals surface area (Å²) in [5, 5.41) is 5.58. The Morgan fingerprint density at radius 3 is 2.83 bits per heavy atom. The monoisotopic (exact) mass is 269 g/mol. The molecule has 5 nitrogen and oxygen atoms in total. The van der Waals surface area contributed by atoms with Gasteiger partial charge in [-0.05, 0) is 19.4 Å². The minimum Gasteiger partial charge on any atom is -0.354 e. The van der Waals surface area contributed by atoms with Gasteiger partial charge in [0.1, 0.15) is 6.04 Å². The Morgan fingerprint density at radius 2 is 2.22 bits per heavy atom. The van der Waals surface area contributed by atoms with Crippen molar-refractivity contribution in [2.24, 2.45) is 0 Å². The molecular formula is C12H16ClN3O2. The number of aromatic nitrogens is 1. The van der Waals surface area contributed by atoms with Crippen LogP contribution in [-0.2, 0) is 4.79 Å². The normalized spacial score (nSPS) is 11.7. The van der Waals surface area contributed by atoms with E-state index < -0.39 is 11.9 Å². The summed E-state index contributed by atoms with van der Waals surface area (Å²) in [5.74, 6) is -0.627. The third kappa shape index (κ3) is 4.00. The van der Waals surface area contributed by atoms with E-state index in [0.717, 1.165) is 6.42 Å². The number of nitrogens with one attached hydrogen (secondary N) is 2. The summed E-state index contributed by atoms with van der Waals surface area (Å²) in [6.45, 7) is 4.17. The molecule has 1 heterocycles. The molecule has 0 radical (unpaired) electrons. The van der Waals surface area contributed by atoms with Gasteiger partial charge in [-0.25, -0.2) is 0 Å². The summed E-state index contributed by atoms with van der Waals surface area (Å²) in [6.07, 6.45) is 3.71. The van der Waals surface area contributed by atoms with Crippen molar-refractivity contribution in [2.45, 2.75) is 26.3 Å². The number of nitrogens with zero attached hydrogens (tertiary/aromatic N) is 1. The van der Waals surface area contributed by atoms with Crippen LogP contribution in [0.3, 0.4) is 0 Å². The predicted octanol–water partition coefficient (Wildman–Crippen LogP) is 1.38. The van der Waals surface area contributed by atoms with Crippen LogP contribution >= 0.6 is 11.6 Å². The van der Waals surface area contributed by atoms with E-state index in [4.69, 9.17) is 11.6 Å². The van der Waals surface area contributed by atoms with Gasteiger partial charge in [0.25, 0.3) is 5.91 Å². The van der Waals surface area contributed by atoms with Crippen LogP contribution in [0.2, 0.25) is 5.02 Å². The number of pyridine rings is 1. The standard InChI is InChI=1S/C12H16ClN3O2/c1-3-5-15-11(17)8(2)16-12(18)9-7-14-6-4-10(9)13/h4,6-8H,3,5H2,1-2H3,(H,15,17)(H,16,18). The van der Waals surface area contributed by atoms with Crippen LogP contribution in [0.25, 0.3) is 0 Å². The van der Waals surface area contributed by atoms with Gasteiger partial charge < -0.3 is 10.6 Å². The number of carbonyl (C=O) groups is 2. The van der Waals surface area contributed by atoms with Crippen LogP contribution in [0.15, 0.2) is 18.5 Å². The van der Waals surface area contributed by atoms with Crippen molar-refractivity contribution in [3.8, 4) is 0 Å². The molecule has 1 aromatic rings. The maximum absolute atomic E-state index is 11.8. The number of rotatable bonds is 5. The van der Waals surface area contributed by atoms with Gasteiger partial charge in [-0.2, -0.15) is 0 Å². The molecule has 0 bridgehead atoms. The first-order valence-electron chi connectivity index (χ1n) is 5.74. The first kappa shape index (κ1) is 14.4. The highest BCUT2D eigenvalue weighted by Gasteiger charge is 2.17. The van der Waals surface area contributed by atoms with Crippen molar-refractivity contribution in [2.75, 3.05) is 6.54 Å². The third-order valence-electron chi connectivity index (χ3n) is 2.30. The van der Waals surface area contributed by atoms with Crippen LogP contribution in [0.5, 0.6) is 0 Å². The molecule has 0 saturated heterocycles. The number of halogens is 1. The maximum atomic E-state index is 11.8. The molecule has 0 saturated carbocycles. The SMILES string of the molecule is CCCNC(=O)C(C)NC(=O)c1cnccc1Cl. The molecule has 2 amide bonds. The van der Waals surface area contributed by atoms with E-state index in [1.807, 2.05) is 6.92 Å². The van der Waals surface area contributed by atoms with E-state index in [9.17, 15) is 9.59 Å². The second-order valence-corrected chi connectivity index (χ2v) is 4.25. The van der Waals surface area contributed by atoms with Crippen molar-refractivity contribution in [3.05, 3.63) is 29.0 Å². The quantitative estimate of drug-likeness (QED) is 0.848. The van der Waals surface area contributed by atoms with Gasteiger partial charge in [-0.3, -0.25) is 14.6 Å². The van der Waals surface area contributed by atoms with Crippen LogP contribution in [0.1, 0.15) is 30.6 Å². The summed E-state index contributed by atoms with van der Waals surface area (Å²) in [6, 6.07) is 0.915. The first-order valence-corrected chi connectivity index (χ1v) is 6.12. The molecule has 0 spiro atoms. The smallest absolute Gasteiger partial charge is 0.255 e. The predicted molar refractivity (Wildman–Crippen MR) is 69.5 cm³/mol. The molecule has 0 aliphatic carbocycles. The Balaban J connectivity index is 2.60. The average Bonchev–Trinajstić information content (AvgIpc) is 2.36. The van der Waals surface area contributed by atoms with Crippen LogP contribution in [0.4, 0.5) is 0 Å². The Hall–Kier alpha value is -1.62. The minimum absolute atomic E-state index is 0.217. The highest BCUT2D eigenvalue weighted by Crippen LogP contribution is 2.13. The van der Waals surface area contributed by atoms with Gasteiger partial charge in [0.2, 0.25) is 5.91 Å². The van der Waals surface area contributed by atoms with Crippen molar-refractivity contribution < 1.29 is 9.59 Å². The zero-order valence-electron chi connectivity index (χ0n) is 10.4. The fourth-order valence-electron chi connectivity index (χ4n) is 1.29. The molecule has 1 atom stereocenters. The van der Waals surface area contributed by atoms with Gasteiger partial charge in [-0.15, -0.1) is 0 Å². The largest absolute Gasteiger partial charge is 0.354 e. The highest BCUT2D eigenvalue weighted by atomic mass is 35.5. The van der Waals surface area contributed by atoms with E-state index in [2.05, 4.69) is 15.6 Å². The van der Waals surface area contributed by atoms with Gasteiger partial charge in [0, 0.05) is 18.9 Å². The van der Waals surface area contributed by atoms with Crippen molar-refractivity contribution in [3.63, 3.8) is 0 Å². The molecule has 0 fully saturated rings. The van der Waals surface area contributed by atoms with Gasteiger partial charge in [0.05, 0.1) is 10.6 Å². The Labute approximate surface area is 111 Å². The molecule has 2 N–H and O–H groups in total. The van der Waals surface area contributed by atoms with Crippen molar-refractivity contribution in [1.82, 2.24) is 15.6 Å². The lowest BCUT2D eigenvalue weighted by atomic mass is 10.2. The molecule has 0 aliphatic heterocycles. The summed E-state index contributed by atoms with van der Waals surface area (Å²) in [5.41, 5.74) is 0.259. The summed E-state index contributed by atoms with van der Waals surface area (Å²) in [4.78, 5) is 27.2. The fraction of sp³-hybridized carbons (Fsp3) is 0.417. The molecule has 6 heteroatoms. The lowest BCUT2D eigenvalue weighted by molar-refractivity contribution is -0.122. The maximum Gasteiger partial charge on any atom is 0.255 e. The minimum atomic E-state index is -0.611. The highest BCUT2D eigenvalue weighted by molar-refractivity contribution is 6.33. The van der Waals surface area contributed by atoms with E-state index in [1.54, 1.807) is 6.92 Å². The average molecular weight is 270 g/mol. The molecule has 0 aliphatic rings. The van der Waals surface area contributed by atoms with Gasteiger partial charge >= 0.3 is 0 Å². The van der Waals surface area contributed by atoms with E-state index in [0.29, 0.717) is 11.6 Å². The van der Waals surface area contributed by atoms with E-state index in [-0.39, 0.29) is 11.5 Å². The van der Waals surface area contributed by atoms with Gasteiger partial charge in [-0.1, -0.05) is 18.5 Å². The zero-order chi connectivity index (χ0) is 13.5. The van der Waals surface area contributed by atoms with Crippen LogP contribution < -0.4 is 10.6 Å². The topological polar surface area (TPSA) is 71.1 Å². The molecule has 1 rings (SSSR count). The molecule has 0 aromatic carbocycles. The second kappa shape index (κ2) is 6.96. The summed E-state index contributed by atoms with van der Waals surface area (Å²) in [7, 11) is 0. The molecular weight excluding hydrogens is 254 g/mol. The zero-order valence-corrected chi connectivity index (χ0v) is 11.1. The number of amides is 2. The lowest BCUT2D eigenvalue weighted by Gasteiger charge is -2.14. The second-order valence-electron chi connectivity index (χ2n) is 3.84. The molecule has 1 aromatic heterocycles. The third-order valence-corrected chi connectivity index (χ3v) is 2.63. The Morgan fingerprint density at radius 1 is 1.50 bits per heavy atom. The van der Waals surface area contributed by atoms with Crippen molar-refractivity contribution in [1.29, 1.82) is 0 Å². The molecule has 18 heavy (non-hydrogen) atoms. The summed E-state index contributed by atoms with van der Waals surface area (Å²) >= 11 is 5.86. The summed E-state index contributed by atoms with van der Waals surface area (Å²) < 4.78 is 0. The number of hydrogen-bond acceptors (Lipinski definition) is 3. The van der Waals surface area contributed by atoms with E-state index >= 15 is 0 Å². The molecule has 1 unspecified atom stereocenters.